The third-order valence-electron chi connectivity index (χ3n) is 5.38. The molecule has 2 aliphatic rings. The van der Waals surface area contributed by atoms with Gasteiger partial charge in [-0.05, 0) is 51.3 Å². The first-order valence-electron chi connectivity index (χ1n) is 9.20. The fraction of sp³-hybridized carbons (Fsp3) is 0.684. The van der Waals surface area contributed by atoms with Gasteiger partial charge in [-0.25, -0.2) is 0 Å². The van der Waals surface area contributed by atoms with Gasteiger partial charge in [0, 0.05) is 30.5 Å². The second-order valence-corrected chi connectivity index (χ2v) is 7.09. The normalized spacial score (nSPS) is 24.1. The molecule has 0 spiro atoms. The number of nitrogens with zero attached hydrogens (tertiary/aromatic N) is 2. The van der Waals surface area contributed by atoms with Gasteiger partial charge in [-0.15, -0.1) is 0 Å². The Labute approximate surface area is 139 Å². The first kappa shape index (κ1) is 16.4. The minimum absolute atomic E-state index is 0.0308. The van der Waals surface area contributed by atoms with E-state index in [9.17, 15) is 4.79 Å². The summed E-state index contributed by atoms with van der Waals surface area (Å²) in [6.07, 6.45) is 12.2. The molecule has 1 atom stereocenters. The van der Waals surface area contributed by atoms with Crippen molar-refractivity contribution in [1.29, 1.82) is 0 Å². The smallest absolute Gasteiger partial charge is 0.253 e. The number of likely N-dealkylation sites (tertiary alicyclic amines) is 1. The second kappa shape index (κ2) is 7.91. The predicted octanol–water partition coefficient (Wildman–Crippen LogP) is 3.31. The van der Waals surface area contributed by atoms with Crippen LogP contribution in [0.5, 0.6) is 0 Å². The maximum Gasteiger partial charge on any atom is 0.253 e. The molecule has 0 aromatic carbocycles. The highest BCUT2D eigenvalue weighted by molar-refractivity contribution is 5.95. The minimum atomic E-state index is 0.0308. The van der Waals surface area contributed by atoms with Crippen LogP contribution in [0.3, 0.4) is 0 Å². The van der Waals surface area contributed by atoms with E-state index in [4.69, 9.17) is 0 Å². The molecule has 3 rings (SSSR count). The van der Waals surface area contributed by atoms with Crippen molar-refractivity contribution < 1.29 is 4.79 Å². The number of carbonyl (C=O) groups is 1. The van der Waals surface area contributed by atoms with Gasteiger partial charge in [-0.2, -0.15) is 0 Å². The summed E-state index contributed by atoms with van der Waals surface area (Å²) in [6, 6.07) is 4.71. The molecular weight excluding hydrogens is 286 g/mol. The van der Waals surface area contributed by atoms with Crippen LogP contribution < -0.4 is 5.32 Å². The van der Waals surface area contributed by atoms with Gasteiger partial charge in [0.05, 0.1) is 5.56 Å². The van der Waals surface area contributed by atoms with Crippen LogP contribution in [-0.2, 0) is 0 Å². The van der Waals surface area contributed by atoms with Crippen molar-refractivity contribution in [2.24, 2.45) is 0 Å². The topological polar surface area (TPSA) is 45.2 Å². The Morgan fingerprint density at radius 1 is 1.17 bits per heavy atom. The van der Waals surface area contributed by atoms with Crippen molar-refractivity contribution in [3.8, 4) is 0 Å². The SMILES string of the molecule is Cc1ncccc1C(=O)N[C@H]1CCCN(C2CCCCCC2)C1. The van der Waals surface area contributed by atoms with E-state index < -0.39 is 0 Å². The predicted molar refractivity (Wildman–Crippen MR) is 92.5 cm³/mol. The van der Waals surface area contributed by atoms with E-state index in [1.54, 1.807) is 6.20 Å². The summed E-state index contributed by atoms with van der Waals surface area (Å²) in [7, 11) is 0. The van der Waals surface area contributed by atoms with E-state index in [1.807, 2.05) is 19.1 Å². The summed E-state index contributed by atoms with van der Waals surface area (Å²) in [4.78, 5) is 19.4. The van der Waals surface area contributed by atoms with Crippen molar-refractivity contribution >= 4 is 5.91 Å². The van der Waals surface area contributed by atoms with E-state index in [0.717, 1.165) is 24.7 Å². The lowest BCUT2D eigenvalue weighted by Gasteiger charge is -2.38. The van der Waals surface area contributed by atoms with E-state index in [0.29, 0.717) is 5.56 Å². The zero-order valence-electron chi connectivity index (χ0n) is 14.3. The molecule has 1 aromatic heterocycles. The van der Waals surface area contributed by atoms with Crippen LogP contribution in [0, 0.1) is 6.92 Å². The Kier molecular flexibility index (Phi) is 5.65. The molecule has 1 aromatic rings. The minimum Gasteiger partial charge on any atom is -0.348 e. The molecule has 1 N–H and O–H groups in total. The first-order valence-corrected chi connectivity index (χ1v) is 9.20. The molecule has 2 heterocycles. The number of amides is 1. The Hall–Kier alpha value is -1.42. The van der Waals surface area contributed by atoms with Crippen LogP contribution in [-0.4, -0.2) is 41.0 Å². The van der Waals surface area contributed by atoms with E-state index >= 15 is 0 Å². The standard InChI is InChI=1S/C19H29N3O/c1-15-18(11-6-12-20-15)19(23)21-16-8-7-13-22(14-16)17-9-4-2-3-5-10-17/h6,11-12,16-17H,2-5,7-10,13-14H2,1H3,(H,21,23)/t16-/m0/s1. The number of rotatable bonds is 3. The molecule has 1 aliphatic heterocycles. The molecule has 1 saturated carbocycles. The highest BCUT2D eigenvalue weighted by Crippen LogP contribution is 2.24. The van der Waals surface area contributed by atoms with Crippen LogP contribution in [0.25, 0.3) is 0 Å². The highest BCUT2D eigenvalue weighted by atomic mass is 16.1. The number of nitrogens with one attached hydrogen (secondary N) is 1. The quantitative estimate of drug-likeness (QED) is 0.871. The van der Waals surface area contributed by atoms with Crippen LogP contribution in [0.4, 0.5) is 0 Å². The molecular formula is C19H29N3O. The van der Waals surface area contributed by atoms with E-state index in [-0.39, 0.29) is 11.9 Å². The zero-order valence-corrected chi connectivity index (χ0v) is 14.3. The maximum absolute atomic E-state index is 12.5. The Bertz CT molecular complexity index is 523. The van der Waals surface area contributed by atoms with E-state index in [2.05, 4.69) is 15.2 Å². The number of carbonyl (C=O) groups excluding carboxylic acids is 1. The first-order chi connectivity index (χ1) is 11.2. The van der Waals surface area contributed by atoms with Crippen molar-refractivity contribution in [3.63, 3.8) is 0 Å². The van der Waals surface area contributed by atoms with E-state index in [1.165, 1.54) is 51.5 Å². The number of piperidine rings is 1. The number of aromatic nitrogens is 1. The van der Waals surface area contributed by atoms with Crippen molar-refractivity contribution in [2.45, 2.75) is 70.4 Å². The summed E-state index contributed by atoms with van der Waals surface area (Å²) < 4.78 is 0. The van der Waals surface area contributed by atoms with Gasteiger partial charge in [0.1, 0.15) is 0 Å². The molecule has 126 valence electrons. The largest absolute Gasteiger partial charge is 0.348 e. The van der Waals surface area contributed by atoms with Gasteiger partial charge < -0.3 is 5.32 Å². The van der Waals surface area contributed by atoms with Crippen molar-refractivity contribution in [2.75, 3.05) is 13.1 Å². The molecule has 23 heavy (non-hydrogen) atoms. The van der Waals surface area contributed by atoms with Crippen LogP contribution >= 0.6 is 0 Å². The van der Waals surface area contributed by atoms with Crippen LogP contribution in [0.2, 0.25) is 0 Å². The summed E-state index contributed by atoms with van der Waals surface area (Å²) >= 11 is 0. The third-order valence-corrected chi connectivity index (χ3v) is 5.38. The fourth-order valence-corrected chi connectivity index (χ4v) is 4.07. The molecule has 1 amide bonds. The van der Waals surface area contributed by atoms with Gasteiger partial charge in [0.15, 0.2) is 0 Å². The monoisotopic (exact) mass is 315 g/mol. The van der Waals surface area contributed by atoms with Crippen molar-refractivity contribution in [3.05, 3.63) is 29.6 Å². The molecule has 0 bridgehead atoms. The molecule has 1 aliphatic carbocycles. The summed E-state index contributed by atoms with van der Waals surface area (Å²) in [6.45, 7) is 4.10. The molecule has 4 nitrogen and oxygen atoms in total. The van der Waals surface area contributed by atoms with Gasteiger partial charge in [-0.3, -0.25) is 14.7 Å². The van der Waals surface area contributed by atoms with Crippen LogP contribution in [0.1, 0.15) is 67.4 Å². The zero-order chi connectivity index (χ0) is 16.1. The number of pyridine rings is 1. The summed E-state index contributed by atoms with van der Waals surface area (Å²) in [5.74, 6) is 0.0308. The molecule has 0 unspecified atom stereocenters. The maximum atomic E-state index is 12.5. The van der Waals surface area contributed by atoms with Gasteiger partial charge >= 0.3 is 0 Å². The van der Waals surface area contributed by atoms with Gasteiger partial charge in [0.2, 0.25) is 0 Å². The summed E-state index contributed by atoms with van der Waals surface area (Å²) in [5, 5.41) is 3.24. The third kappa shape index (κ3) is 4.31. The van der Waals surface area contributed by atoms with Gasteiger partial charge in [0.25, 0.3) is 5.91 Å². The molecule has 2 fully saturated rings. The molecule has 4 heteroatoms. The number of hydrogen-bond donors (Lipinski definition) is 1. The second-order valence-electron chi connectivity index (χ2n) is 7.09. The number of hydrogen-bond acceptors (Lipinski definition) is 3. The summed E-state index contributed by atoms with van der Waals surface area (Å²) in [5.41, 5.74) is 1.51. The average molecular weight is 315 g/mol. The Balaban J connectivity index is 1.58. The molecule has 0 radical (unpaired) electrons. The van der Waals surface area contributed by atoms with Gasteiger partial charge in [-0.1, -0.05) is 25.7 Å². The fourth-order valence-electron chi connectivity index (χ4n) is 4.07. The lowest BCUT2D eigenvalue weighted by atomic mass is 9.99. The lowest BCUT2D eigenvalue weighted by molar-refractivity contribution is 0.0859. The Morgan fingerprint density at radius 3 is 2.70 bits per heavy atom. The lowest BCUT2D eigenvalue weighted by Crippen LogP contribution is -2.51. The molecule has 1 saturated heterocycles. The average Bonchev–Trinajstić information content (AvgIpc) is 2.85. The highest BCUT2D eigenvalue weighted by Gasteiger charge is 2.27. The van der Waals surface area contributed by atoms with Crippen LogP contribution in [0.15, 0.2) is 18.3 Å². The van der Waals surface area contributed by atoms with Crippen molar-refractivity contribution in [1.82, 2.24) is 15.2 Å². The Morgan fingerprint density at radius 2 is 1.96 bits per heavy atom. The number of aryl methyl sites for hydroxylation is 1.